The minimum Gasteiger partial charge on any atom is -0.384 e. The zero-order chi connectivity index (χ0) is 23.3. The van der Waals surface area contributed by atoms with Gasteiger partial charge in [-0.3, -0.25) is 15.1 Å². The summed E-state index contributed by atoms with van der Waals surface area (Å²) in [5.41, 5.74) is 10.1. The van der Waals surface area contributed by atoms with Crippen LogP contribution in [0.3, 0.4) is 0 Å². The molecule has 3 rings (SSSR count). The van der Waals surface area contributed by atoms with Crippen molar-refractivity contribution in [3.05, 3.63) is 70.3 Å². The Morgan fingerprint density at radius 1 is 1.09 bits per heavy atom. The molecule has 0 aliphatic carbocycles. The van der Waals surface area contributed by atoms with Crippen LogP contribution in [-0.4, -0.2) is 36.3 Å². The smallest absolute Gasteiger partial charge is 0.254 e. The fraction of sp³-hybridized carbons (Fsp3) is 0.417. The highest BCUT2D eigenvalue weighted by atomic mass is 35.5. The van der Waals surface area contributed by atoms with Gasteiger partial charge < -0.3 is 16.2 Å². The second-order valence-corrected chi connectivity index (χ2v) is 8.14. The molecule has 1 fully saturated rings. The van der Waals surface area contributed by atoms with E-state index < -0.39 is 28.7 Å². The Labute approximate surface area is 199 Å². The minimum atomic E-state index is -2.02. The Hall–Kier alpha value is -2.55. The number of nitrogen functional groups attached to an aromatic ring is 1. The van der Waals surface area contributed by atoms with Crippen molar-refractivity contribution in [3.8, 4) is 0 Å². The topological polar surface area (TPSA) is 105 Å². The number of amidine groups is 1. The Morgan fingerprint density at radius 2 is 1.73 bits per heavy atom. The van der Waals surface area contributed by atoms with Crippen LogP contribution in [-0.2, 0) is 28.1 Å². The molecule has 1 amide bonds. The number of halogens is 3. The molecule has 1 saturated heterocycles. The molecule has 6 nitrogen and oxygen atoms in total. The van der Waals surface area contributed by atoms with Crippen LogP contribution in [0.1, 0.15) is 48.4 Å². The summed E-state index contributed by atoms with van der Waals surface area (Å²) in [5, 5.41) is 7.52. The maximum absolute atomic E-state index is 15.7. The van der Waals surface area contributed by atoms with Gasteiger partial charge >= 0.3 is 0 Å². The number of amides is 1. The summed E-state index contributed by atoms with van der Waals surface area (Å²) >= 11 is 0. The number of likely N-dealkylation sites (tertiary alicyclic amines) is 1. The molecule has 1 aliphatic heterocycles. The third-order valence-electron chi connectivity index (χ3n) is 5.92. The van der Waals surface area contributed by atoms with E-state index in [0.29, 0.717) is 23.2 Å². The van der Waals surface area contributed by atoms with Crippen LogP contribution in [0.2, 0.25) is 0 Å². The van der Waals surface area contributed by atoms with Crippen LogP contribution in [0.15, 0.2) is 36.4 Å². The number of piperidine rings is 1. The first kappa shape index (κ1) is 26.7. The van der Waals surface area contributed by atoms with Gasteiger partial charge in [-0.25, -0.2) is 8.78 Å². The van der Waals surface area contributed by atoms with Crippen molar-refractivity contribution in [1.82, 2.24) is 4.90 Å². The van der Waals surface area contributed by atoms with Crippen molar-refractivity contribution in [3.63, 3.8) is 0 Å². The zero-order valence-electron chi connectivity index (χ0n) is 18.7. The second-order valence-electron chi connectivity index (χ2n) is 8.14. The number of ether oxygens (including phenoxy) is 1. The highest BCUT2D eigenvalue weighted by Crippen LogP contribution is 2.36. The van der Waals surface area contributed by atoms with E-state index in [-0.39, 0.29) is 31.3 Å². The number of nitrogens with zero attached hydrogens (tertiary/aromatic N) is 1. The molecule has 5 N–H and O–H groups in total. The fourth-order valence-corrected chi connectivity index (χ4v) is 4.28. The highest BCUT2D eigenvalue weighted by molar-refractivity contribution is 5.95. The molecular weight excluding hydrogens is 450 g/mol. The normalized spacial score (nSPS) is 16.0. The van der Waals surface area contributed by atoms with E-state index in [9.17, 15) is 4.79 Å². The van der Waals surface area contributed by atoms with Gasteiger partial charge in [0.25, 0.3) is 5.91 Å². The van der Waals surface area contributed by atoms with Crippen LogP contribution in [0.5, 0.6) is 0 Å². The summed E-state index contributed by atoms with van der Waals surface area (Å²) in [6.07, 6.45) is 3.06. The standard InChI is InChI=1S/C24H30F2N4O2.ClH/c1-2-32-24(23(29)31,14-16-6-8-17(9-7-16)22(27)28)20-19(25)11-10-18(21(20)26)15-30-12-4-3-5-13-30;/h6-11H,2-5,12-15H2,1H3,(H3,27,28)(H2,29,31);1H. The molecule has 1 aliphatic rings. The van der Waals surface area contributed by atoms with Gasteiger partial charge in [0.05, 0.1) is 5.56 Å². The van der Waals surface area contributed by atoms with E-state index in [1.807, 2.05) is 0 Å². The number of nitrogens with one attached hydrogen (secondary N) is 1. The van der Waals surface area contributed by atoms with Crippen LogP contribution in [0.25, 0.3) is 0 Å². The van der Waals surface area contributed by atoms with Gasteiger partial charge in [-0.1, -0.05) is 36.8 Å². The number of carbonyl (C=O) groups is 1. The predicted octanol–water partition coefficient (Wildman–Crippen LogP) is 3.62. The molecule has 0 aromatic heterocycles. The first-order chi connectivity index (χ1) is 15.3. The van der Waals surface area contributed by atoms with Crippen molar-refractivity contribution in [2.24, 2.45) is 11.5 Å². The number of carbonyl (C=O) groups excluding carboxylic acids is 1. The van der Waals surface area contributed by atoms with Gasteiger partial charge in [-0.05, 0) is 44.5 Å². The molecule has 1 atom stereocenters. The van der Waals surface area contributed by atoms with Crippen LogP contribution >= 0.6 is 12.4 Å². The molecule has 1 heterocycles. The van der Waals surface area contributed by atoms with Crippen molar-refractivity contribution < 1.29 is 18.3 Å². The average Bonchev–Trinajstić information content (AvgIpc) is 2.77. The van der Waals surface area contributed by atoms with E-state index in [1.165, 1.54) is 12.1 Å². The lowest BCUT2D eigenvalue weighted by atomic mass is 9.84. The lowest BCUT2D eigenvalue weighted by Gasteiger charge is -2.33. The molecule has 0 bridgehead atoms. The molecule has 1 unspecified atom stereocenters. The van der Waals surface area contributed by atoms with Gasteiger partial charge in [0, 0.05) is 30.7 Å². The van der Waals surface area contributed by atoms with E-state index in [1.54, 1.807) is 31.2 Å². The van der Waals surface area contributed by atoms with Gasteiger partial charge in [-0.15, -0.1) is 12.4 Å². The number of benzene rings is 2. The lowest BCUT2D eigenvalue weighted by molar-refractivity contribution is -0.145. The van der Waals surface area contributed by atoms with Crippen molar-refractivity contribution in [1.29, 1.82) is 5.41 Å². The monoisotopic (exact) mass is 480 g/mol. The summed E-state index contributed by atoms with van der Waals surface area (Å²) in [5.74, 6) is -2.76. The molecule has 33 heavy (non-hydrogen) atoms. The van der Waals surface area contributed by atoms with Gasteiger partial charge in [0.15, 0.2) is 5.60 Å². The number of rotatable bonds is 9. The minimum absolute atomic E-state index is 0. The third-order valence-corrected chi connectivity index (χ3v) is 5.92. The molecule has 2 aromatic carbocycles. The maximum atomic E-state index is 15.7. The number of primary amides is 1. The zero-order valence-corrected chi connectivity index (χ0v) is 19.5. The molecule has 180 valence electrons. The molecule has 0 spiro atoms. The first-order valence-electron chi connectivity index (χ1n) is 10.9. The van der Waals surface area contributed by atoms with E-state index in [2.05, 4.69) is 4.90 Å². The Balaban J connectivity index is 0.00000385. The van der Waals surface area contributed by atoms with Crippen LogP contribution in [0, 0.1) is 17.0 Å². The van der Waals surface area contributed by atoms with E-state index in [0.717, 1.165) is 32.4 Å². The Morgan fingerprint density at radius 3 is 2.27 bits per heavy atom. The molecule has 9 heteroatoms. The van der Waals surface area contributed by atoms with Crippen LogP contribution in [0.4, 0.5) is 8.78 Å². The maximum Gasteiger partial charge on any atom is 0.254 e. The molecule has 0 radical (unpaired) electrons. The Kier molecular flexibility index (Phi) is 9.34. The van der Waals surface area contributed by atoms with Crippen LogP contribution < -0.4 is 11.5 Å². The second kappa shape index (κ2) is 11.5. The summed E-state index contributed by atoms with van der Waals surface area (Å²) < 4.78 is 36.5. The number of hydrogen-bond acceptors (Lipinski definition) is 4. The first-order valence-corrected chi connectivity index (χ1v) is 10.9. The van der Waals surface area contributed by atoms with E-state index >= 15 is 8.78 Å². The highest BCUT2D eigenvalue weighted by Gasteiger charge is 2.45. The van der Waals surface area contributed by atoms with Gasteiger partial charge in [0.2, 0.25) is 0 Å². The molecule has 0 saturated carbocycles. The quantitative estimate of drug-likeness (QED) is 0.376. The van der Waals surface area contributed by atoms with Crippen molar-refractivity contribution in [2.75, 3.05) is 19.7 Å². The average molecular weight is 481 g/mol. The third kappa shape index (κ3) is 5.88. The van der Waals surface area contributed by atoms with Crippen molar-refractivity contribution >= 4 is 24.1 Å². The fourth-order valence-electron chi connectivity index (χ4n) is 4.28. The van der Waals surface area contributed by atoms with E-state index in [4.69, 9.17) is 21.6 Å². The van der Waals surface area contributed by atoms with Gasteiger partial charge in [0.1, 0.15) is 17.5 Å². The summed E-state index contributed by atoms with van der Waals surface area (Å²) in [6.45, 7) is 3.70. The lowest BCUT2D eigenvalue weighted by Crippen LogP contribution is -2.47. The summed E-state index contributed by atoms with van der Waals surface area (Å²) in [7, 11) is 0. The van der Waals surface area contributed by atoms with Gasteiger partial charge in [-0.2, -0.15) is 0 Å². The summed E-state index contributed by atoms with van der Waals surface area (Å²) in [4.78, 5) is 14.8. The molecule has 2 aromatic rings. The molecular formula is C24H31ClF2N4O2. The summed E-state index contributed by atoms with van der Waals surface area (Å²) in [6, 6.07) is 9.08. The Bertz CT molecular complexity index is 981. The largest absolute Gasteiger partial charge is 0.384 e. The predicted molar refractivity (Wildman–Crippen MR) is 126 cm³/mol. The SMILES string of the molecule is CCOC(Cc1ccc(C(=N)N)cc1)(C(N)=O)c1c(F)ccc(CN2CCCCC2)c1F.Cl. The van der Waals surface area contributed by atoms with Crippen molar-refractivity contribution in [2.45, 2.75) is 44.8 Å². The number of nitrogens with two attached hydrogens (primary N) is 2. The number of hydrogen-bond donors (Lipinski definition) is 3.